The Morgan fingerprint density at radius 3 is 2.30 bits per heavy atom. The molecule has 2 N–H and O–H groups in total. The fourth-order valence-corrected chi connectivity index (χ4v) is 4.52. The third-order valence-electron chi connectivity index (χ3n) is 6.15. The number of piperidine rings is 1. The zero-order chi connectivity index (χ0) is 23.2. The van der Waals surface area contributed by atoms with Crippen molar-refractivity contribution in [1.29, 1.82) is 0 Å². The Labute approximate surface area is 194 Å². The van der Waals surface area contributed by atoms with Crippen LogP contribution in [-0.2, 0) is 20.8 Å². The minimum absolute atomic E-state index is 0.0103. The Morgan fingerprint density at radius 2 is 1.58 bits per heavy atom. The van der Waals surface area contributed by atoms with E-state index in [-0.39, 0.29) is 24.3 Å². The van der Waals surface area contributed by atoms with E-state index < -0.39 is 5.91 Å². The highest BCUT2D eigenvalue weighted by atomic mass is 16.2. The summed E-state index contributed by atoms with van der Waals surface area (Å²) in [6, 6.07) is 23.6. The van der Waals surface area contributed by atoms with E-state index in [9.17, 15) is 14.4 Å². The van der Waals surface area contributed by atoms with Gasteiger partial charge in [-0.05, 0) is 47.7 Å². The van der Waals surface area contributed by atoms with Crippen molar-refractivity contribution in [2.75, 3.05) is 18.0 Å². The Hall–Kier alpha value is -3.67. The van der Waals surface area contributed by atoms with Gasteiger partial charge in [-0.3, -0.25) is 14.4 Å². The van der Waals surface area contributed by atoms with E-state index in [1.54, 1.807) is 11.3 Å². The molecule has 33 heavy (non-hydrogen) atoms. The van der Waals surface area contributed by atoms with E-state index in [4.69, 9.17) is 5.73 Å². The van der Waals surface area contributed by atoms with Crippen LogP contribution in [0, 0.1) is 6.42 Å². The van der Waals surface area contributed by atoms with Gasteiger partial charge in [0.1, 0.15) is 6.42 Å². The normalized spacial score (nSPS) is 14.2. The van der Waals surface area contributed by atoms with E-state index >= 15 is 0 Å². The summed E-state index contributed by atoms with van der Waals surface area (Å²) in [6.07, 6.45) is 3.29. The fraction of sp³-hybridized carbons (Fsp3) is 0.259. The molecule has 3 aromatic carbocycles. The SMILES string of the molecule is NC(=O)CC(=O)N(c1ccccc1)C1CCN(C(=O)[CH]Cc2cccc3ccccc23)CC1. The molecule has 1 aliphatic rings. The smallest absolute Gasteiger partial charge is 0.236 e. The van der Waals surface area contributed by atoms with Crippen molar-refractivity contribution in [3.63, 3.8) is 0 Å². The molecule has 169 valence electrons. The average molecular weight is 443 g/mol. The summed E-state index contributed by atoms with van der Waals surface area (Å²) in [4.78, 5) is 40.5. The molecule has 0 saturated carbocycles. The quantitative estimate of drug-likeness (QED) is 0.569. The Morgan fingerprint density at radius 1 is 0.909 bits per heavy atom. The first-order valence-electron chi connectivity index (χ1n) is 11.3. The summed E-state index contributed by atoms with van der Waals surface area (Å²) >= 11 is 0. The lowest BCUT2D eigenvalue weighted by Gasteiger charge is -2.38. The molecule has 0 spiro atoms. The first kappa shape index (κ1) is 22.5. The third kappa shape index (κ3) is 5.40. The van der Waals surface area contributed by atoms with Crippen molar-refractivity contribution in [3.8, 4) is 0 Å². The molecule has 6 nitrogen and oxygen atoms in total. The second-order valence-electron chi connectivity index (χ2n) is 8.35. The van der Waals surface area contributed by atoms with Crippen molar-refractivity contribution in [1.82, 2.24) is 4.90 Å². The van der Waals surface area contributed by atoms with Gasteiger partial charge in [-0.2, -0.15) is 0 Å². The van der Waals surface area contributed by atoms with Crippen LogP contribution in [0.25, 0.3) is 10.8 Å². The first-order chi connectivity index (χ1) is 16.0. The molecule has 0 unspecified atom stereocenters. The van der Waals surface area contributed by atoms with Crippen molar-refractivity contribution >= 4 is 34.2 Å². The molecule has 6 heteroatoms. The van der Waals surface area contributed by atoms with E-state index in [0.717, 1.165) is 16.6 Å². The largest absolute Gasteiger partial charge is 0.369 e. The Balaban J connectivity index is 1.38. The molecular formula is C27H28N3O3. The molecule has 0 bridgehead atoms. The van der Waals surface area contributed by atoms with Gasteiger partial charge in [0.15, 0.2) is 0 Å². The van der Waals surface area contributed by atoms with E-state index in [1.165, 1.54) is 5.39 Å². The molecule has 3 aromatic rings. The van der Waals surface area contributed by atoms with Crippen LogP contribution in [0.3, 0.4) is 0 Å². The minimum Gasteiger partial charge on any atom is -0.369 e. The van der Waals surface area contributed by atoms with Crippen LogP contribution in [-0.4, -0.2) is 41.8 Å². The molecule has 4 rings (SSSR count). The minimum atomic E-state index is -0.642. The summed E-state index contributed by atoms with van der Waals surface area (Å²) in [5, 5.41) is 2.33. The summed E-state index contributed by atoms with van der Waals surface area (Å²) in [5.74, 6) is -0.936. The number of amides is 3. The summed E-state index contributed by atoms with van der Waals surface area (Å²) in [5.41, 5.74) is 7.15. The number of nitrogens with zero attached hydrogens (tertiary/aromatic N) is 2. The maximum absolute atomic E-state index is 12.9. The second kappa shape index (κ2) is 10.3. The number of rotatable bonds is 7. The van der Waals surface area contributed by atoms with Gasteiger partial charge in [0.2, 0.25) is 17.7 Å². The highest BCUT2D eigenvalue weighted by Gasteiger charge is 2.31. The van der Waals surface area contributed by atoms with Crippen LogP contribution in [0.15, 0.2) is 72.8 Å². The van der Waals surface area contributed by atoms with Crippen molar-refractivity contribution in [2.45, 2.75) is 31.7 Å². The van der Waals surface area contributed by atoms with Crippen LogP contribution in [0.4, 0.5) is 5.69 Å². The third-order valence-corrected chi connectivity index (χ3v) is 6.15. The topological polar surface area (TPSA) is 83.7 Å². The highest BCUT2D eigenvalue weighted by molar-refractivity contribution is 6.04. The van der Waals surface area contributed by atoms with Gasteiger partial charge < -0.3 is 15.5 Å². The number of likely N-dealkylation sites (tertiary alicyclic amines) is 1. The number of fused-ring (bicyclic) bond motifs is 1. The molecule has 1 fully saturated rings. The van der Waals surface area contributed by atoms with Gasteiger partial charge >= 0.3 is 0 Å². The number of primary amides is 1. The molecule has 1 saturated heterocycles. The van der Waals surface area contributed by atoms with Crippen molar-refractivity contribution in [2.24, 2.45) is 5.73 Å². The number of hydrogen-bond acceptors (Lipinski definition) is 3. The second-order valence-corrected chi connectivity index (χ2v) is 8.35. The number of carbonyl (C=O) groups excluding carboxylic acids is 3. The highest BCUT2D eigenvalue weighted by Crippen LogP contribution is 2.25. The Kier molecular flexibility index (Phi) is 7.03. The molecule has 0 aromatic heterocycles. The van der Waals surface area contributed by atoms with Gasteiger partial charge in [-0.15, -0.1) is 0 Å². The van der Waals surface area contributed by atoms with Gasteiger partial charge in [0.05, 0.1) is 6.42 Å². The van der Waals surface area contributed by atoms with Crippen LogP contribution in [0.2, 0.25) is 0 Å². The number of carbonyl (C=O) groups is 3. The van der Waals surface area contributed by atoms with Crippen LogP contribution in [0.5, 0.6) is 0 Å². The summed E-state index contributed by atoms with van der Waals surface area (Å²) in [6.45, 7) is 1.12. The predicted octanol–water partition coefficient (Wildman–Crippen LogP) is 3.49. The van der Waals surface area contributed by atoms with Crippen LogP contribution >= 0.6 is 0 Å². The molecule has 1 heterocycles. The molecule has 1 radical (unpaired) electrons. The first-order valence-corrected chi connectivity index (χ1v) is 11.3. The van der Waals surface area contributed by atoms with Crippen molar-refractivity contribution < 1.29 is 14.4 Å². The maximum Gasteiger partial charge on any atom is 0.236 e. The molecule has 0 aliphatic carbocycles. The Bertz CT molecular complexity index is 1130. The molecule has 1 aliphatic heterocycles. The number of para-hydroxylation sites is 1. The number of benzene rings is 3. The predicted molar refractivity (Wildman–Crippen MR) is 129 cm³/mol. The van der Waals surface area contributed by atoms with E-state index in [1.807, 2.05) is 53.4 Å². The van der Waals surface area contributed by atoms with Gasteiger partial charge in [0.25, 0.3) is 0 Å². The van der Waals surface area contributed by atoms with Crippen LogP contribution < -0.4 is 10.6 Å². The van der Waals surface area contributed by atoms with Crippen molar-refractivity contribution in [3.05, 3.63) is 84.8 Å². The monoisotopic (exact) mass is 442 g/mol. The zero-order valence-electron chi connectivity index (χ0n) is 18.5. The molecule has 3 amide bonds. The lowest BCUT2D eigenvalue weighted by atomic mass is 9.99. The lowest BCUT2D eigenvalue weighted by Crippen LogP contribution is -2.49. The summed E-state index contributed by atoms with van der Waals surface area (Å²) < 4.78 is 0. The van der Waals surface area contributed by atoms with Gasteiger partial charge in [-0.1, -0.05) is 60.7 Å². The number of anilines is 1. The average Bonchev–Trinajstić information content (AvgIpc) is 2.83. The van der Waals surface area contributed by atoms with Gasteiger partial charge in [0, 0.05) is 24.8 Å². The standard InChI is InChI=1S/C27H28N3O3/c28-25(31)19-27(33)30(22-10-2-1-3-11-22)23-15-17-29(18-16-23)26(32)14-13-21-9-6-8-20-7-4-5-12-24(20)21/h1-12,14,23H,13,15-19H2,(H2,28,31). The number of hydrogen-bond donors (Lipinski definition) is 1. The summed E-state index contributed by atoms with van der Waals surface area (Å²) in [7, 11) is 0. The van der Waals surface area contributed by atoms with Gasteiger partial charge in [-0.25, -0.2) is 0 Å². The fourth-order valence-electron chi connectivity index (χ4n) is 4.52. The number of nitrogens with two attached hydrogens (primary N) is 1. The van der Waals surface area contributed by atoms with E-state index in [0.29, 0.717) is 32.4 Å². The molecular weight excluding hydrogens is 414 g/mol. The maximum atomic E-state index is 12.9. The molecule has 0 atom stereocenters. The lowest BCUT2D eigenvalue weighted by molar-refractivity contribution is -0.128. The zero-order valence-corrected chi connectivity index (χ0v) is 18.5. The van der Waals surface area contributed by atoms with Crippen LogP contribution in [0.1, 0.15) is 24.8 Å². The van der Waals surface area contributed by atoms with E-state index in [2.05, 4.69) is 24.3 Å².